The van der Waals surface area contributed by atoms with Gasteiger partial charge in [0, 0.05) is 19.6 Å². The van der Waals surface area contributed by atoms with Gasteiger partial charge in [0.2, 0.25) is 5.91 Å². The Kier molecular flexibility index (Phi) is 4.43. The maximum absolute atomic E-state index is 12.4. The molecule has 2 aliphatic carbocycles. The molecule has 2 rings (SSSR count). The molecule has 2 fully saturated rings. The second-order valence-electron chi connectivity index (χ2n) is 5.92. The number of carbonyl (C=O) groups is 1. The van der Waals surface area contributed by atoms with Gasteiger partial charge in [0.1, 0.15) is 0 Å². The van der Waals surface area contributed by atoms with Crippen molar-refractivity contribution in [3.63, 3.8) is 0 Å². The molecule has 0 aromatic rings. The average Bonchev–Trinajstić information content (AvgIpc) is 2.47. The Hall–Kier alpha value is -0.570. The molecule has 98 valence electrons. The van der Waals surface area contributed by atoms with E-state index in [1.54, 1.807) is 0 Å². The first-order valence-electron chi connectivity index (χ1n) is 7.19. The summed E-state index contributed by atoms with van der Waals surface area (Å²) < 4.78 is 0. The van der Waals surface area contributed by atoms with Crippen LogP contribution in [-0.2, 0) is 4.79 Å². The summed E-state index contributed by atoms with van der Waals surface area (Å²) >= 11 is 0. The van der Waals surface area contributed by atoms with Crippen molar-refractivity contribution in [1.29, 1.82) is 0 Å². The van der Waals surface area contributed by atoms with E-state index in [1.807, 2.05) is 11.9 Å². The predicted molar refractivity (Wildman–Crippen MR) is 69.5 cm³/mol. The molecule has 0 heterocycles. The van der Waals surface area contributed by atoms with Gasteiger partial charge in [-0.25, -0.2) is 0 Å². The first-order chi connectivity index (χ1) is 8.18. The van der Waals surface area contributed by atoms with Gasteiger partial charge in [0.15, 0.2) is 0 Å². The van der Waals surface area contributed by atoms with Crippen LogP contribution >= 0.6 is 0 Å². The van der Waals surface area contributed by atoms with Crippen LogP contribution < -0.4 is 5.73 Å². The molecule has 2 saturated carbocycles. The fraction of sp³-hybridized carbons (Fsp3) is 0.929. The molecule has 2 aliphatic rings. The number of rotatable bonds is 3. The van der Waals surface area contributed by atoms with Crippen LogP contribution in [0.2, 0.25) is 0 Å². The topological polar surface area (TPSA) is 46.3 Å². The zero-order chi connectivity index (χ0) is 12.3. The number of amides is 1. The summed E-state index contributed by atoms with van der Waals surface area (Å²) in [5.74, 6) is 1.14. The van der Waals surface area contributed by atoms with Gasteiger partial charge in [0.05, 0.1) is 5.92 Å². The molecule has 2 atom stereocenters. The first kappa shape index (κ1) is 12.9. The molecule has 0 bridgehead atoms. The number of hydrogen-bond donors (Lipinski definition) is 1. The summed E-state index contributed by atoms with van der Waals surface area (Å²) in [6.07, 6.45) is 9.56. The molecule has 3 nitrogen and oxygen atoms in total. The highest BCUT2D eigenvalue weighted by Crippen LogP contribution is 2.28. The van der Waals surface area contributed by atoms with Crippen molar-refractivity contribution >= 4 is 5.91 Å². The second-order valence-corrected chi connectivity index (χ2v) is 5.92. The van der Waals surface area contributed by atoms with Gasteiger partial charge >= 0.3 is 0 Å². The molecule has 0 aliphatic heterocycles. The molecule has 1 amide bonds. The second kappa shape index (κ2) is 5.85. The summed E-state index contributed by atoms with van der Waals surface area (Å²) in [4.78, 5) is 14.3. The molecular weight excluding hydrogens is 212 g/mol. The maximum atomic E-state index is 12.4. The minimum Gasteiger partial charge on any atom is -0.345 e. The Morgan fingerprint density at radius 3 is 2.47 bits per heavy atom. The highest BCUT2D eigenvalue weighted by molar-refractivity contribution is 5.79. The van der Waals surface area contributed by atoms with Crippen LogP contribution in [0.4, 0.5) is 0 Å². The van der Waals surface area contributed by atoms with E-state index in [9.17, 15) is 4.79 Å². The molecular formula is C14H26N2O. The normalized spacial score (nSPS) is 30.5. The van der Waals surface area contributed by atoms with Crippen molar-refractivity contribution in [2.75, 3.05) is 13.6 Å². The van der Waals surface area contributed by atoms with E-state index in [2.05, 4.69) is 0 Å². The van der Waals surface area contributed by atoms with Crippen molar-refractivity contribution < 1.29 is 4.79 Å². The van der Waals surface area contributed by atoms with Crippen molar-refractivity contribution in [3.8, 4) is 0 Å². The zero-order valence-electron chi connectivity index (χ0n) is 11.0. The van der Waals surface area contributed by atoms with Gasteiger partial charge in [-0.1, -0.05) is 25.7 Å². The van der Waals surface area contributed by atoms with E-state index in [0.717, 1.165) is 25.3 Å². The van der Waals surface area contributed by atoms with Crippen LogP contribution in [0.5, 0.6) is 0 Å². The van der Waals surface area contributed by atoms with E-state index in [0.29, 0.717) is 5.91 Å². The lowest BCUT2D eigenvalue weighted by molar-refractivity contribution is -0.136. The monoisotopic (exact) mass is 238 g/mol. The Bertz CT molecular complexity index is 263. The molecule has 0 spiro atoms. The third-order valence-electron chi connectivity index (χ3n) is 4.52. The molecule has 0 radical (unpaired) electrons. The molecule has 0 aromatic heterocycles. The van der Waals surface area contributed by atoms with E-state index >= 15 is 0 Å². The fourth-order valence-corrected chi connectivity index (χ4v) is 3.08. The molecule has 3 heteroatoms. The van der Waals surface area contributed by atoms with Crippen LogP contribution in [0, 0.1) is 11.8 Å². The number of carbonyl (C=O) groups excluding carboxylic acids is 1. The molecule has 2 unspecified atom stereocenters. The maximum Gasteiger partial charge on any atom is 0.226 e. The third kappa shape index (κ3) is 3.21. The predicted octanol–water partition coefficient (Wildman–Crippen LogP) is 2.15. The summed E-state index contributed by atoms with van der Waals surface area (Å²) in [6.45, 7) is 0.946. The molecule has 0 saturated heterocycles. The van der Waals surface area contributed by atoms with Gasteiger partial charge in [0.25, 0.3) is 0 Å². The molecule has 0 aromatic carbocycles. The van der Waals surface area contributed by atoms with E-state index in [-0.39, 0.29) is 12.0 Å². The van der Waals surface area contributed by atoms with Gasteiger partial charge in [-0.3, -0.25) is 4.79 Å². The highest BCUT2D eigenvalue weighted by atomic mass is 16.2. The van der Waals surface area contributed by atoms with Crippen LogP contribution in [0.1, 0.15) is 51.4 Å². The average molecular weight is 238 g/mol. The van der Waals surface area contributed by atoms with Gasteiger partial charge < -0.3 is 10.6 Å². The lowest BCUT2D eigenvalue weighted by Crippen LogP contribution is -2.44. The molecule has 2 N–H and O–H groups in total. The summed E-state index contributed by atoms with van der Waals surface area (Å²) in [6, 6.07) is 0.0915. The zero-order valence-corrected chi connectivity index (χ0v) is 11.0. The number of nitrogens with two attached hydrogens (primary N) is 1. The van der Waals surface area contributed by atoms with Crippen LogP contribution in [-0.4, -0.2) is 30.4 Å². The highest BCUT2D eigenvalue weighted by Gasteiger charge is 2.30. The van der Waals surface area contributed by atoms with E-state index in [1.165, 1.54) is 38.5 Å². The Morgan fingerprint density at radius 1 is 1.12 bits per heavy atom. The smallest absolute Gasteiger partial charge is 0.226 e. The van der Waals surface area contributed by atoms with E-state index in [4.69, 9.17) is 5.73 Å². The van der Waals surface area contributed by atoms with Crippen molar-refractivity contribution in [2.24, 2.45) is 17.6 Å². The minimum absolute atomic E-state index is 0.0857. The largest absolute Gasteiger partial charge is 0.345 e. The molecule has 17 heavy (non-hydrogen) atoms. The Labute approximate surface area is 105 Å². The fourth-order valence-electron chi connectivity index (χ4n) is 3.08. The van der Waals surface area contributed by atoms with Crippen LogP contribution in [0.25, 0.3) is 0 Å². The third-order valence-corrected chi connectivity index (χ3v) is 4.52. The van der Waals surface area contributed by atoms with Crippen LogP contribution in [0.15, 0.2) is 0 Å². The Morgan fingerprint density at radius 2 is 1.82 bits per heavy atom. The number of nitrogens with zero attached hydrogens (tertiary/aromatic N) is 1. The number of hydrogen-bond acceptors (Lipinski definition) is 2. The van der Waals surface area contributed by atoms with Crippen molar-refractivity contribution in [2.45, 2.75) is 57.4 Å². The van der Waals surface area contributed by atoms with Gasteiger partial charge in [-0.15, -0.1) is 0 Å². The quantitative estimate of drug-likeness (QED) is 0.766. The van der Waals surface area contributed by atoms with Crippen molar-refractivity contribution in [1.82, 2.24) is 4.90 Å². The summed E-state index contributed by atoms with van der Waals surface area (Å²) in [5.41, 5.74) is 6.15. The minimum atomic E-state index is 0.0857. The summed E-state index contributed by atoms with van der Waals surface area (Å²) in [7, 11) is 1.96. The van der Waals surface area contributed by atoms with Gasteiger partial charge in [-0.2, -0.15) is 0 Å². The first-order valence-corrected chi connectivity index (χ1v) is 7.19. The SMILES string of the molecule is CN(CC1CCC1)C(=O)C1CCCCCC1N. The Balaban J connectivity index is 1.87. The van der Waals surface area contributed by atoms with Crippen LogP contribution in [0.3, 0.4) is 0 Å². The van der Waals surface area contributed by atoms with Crippen molar-refractivity contribution in [3.05, 3.63) is 0 Å². The van der Waals surface area contributed by atoms with Gasteiger partial charge in [-0.05, 0) is 31.6 Å². The van der Waals surface area contributed by atoms with E-state index < -0.39 is 0 Å². The lowest BCUT2D eigenvalue weighted by Gasteiger charge is -2.33. The summed E-state index contributed by atoms with van der Waals surface area (Å²) in [5, 5.41) is 0. The lowest BCUT2D eigenvalue weighted by atomic mass is 9.84. The standard InChI is InChI=1S/C14H26N2O/c1-16(10-11-6-5-7-11)14(17)12-8-3-2-4-9-13(12)15/h11-13H,2-10,15H2,1H3.